The third-order valence-electron chi connectivity index (χ3n) is 4.23. The van der Waals surface area contributed by atoms with Crippen LogP contribution in [0.15, 0.2) is 42.6 Å². The van der Waals surface area contributed by atoms with Crippen LogP contribution in [0.25, 0.3) is 0 Å². The molecule has 14 heteroatoms. The fourth-order valence-electron chi connectivity index (χ4n) is 2.92. The number of urea groups is 1. The van der Waals surface area contributed by atoms with Crippen LogP contribution < -0.4 is 19.5 Å². The number of nitrogens with two attached hydrogens (primary N) is 1. The maximum atomic E-state index is 12.8. The quantitative estimate of drug-likeness (QED) is 0.634. The van der Waals surface area contributed by atoms with Crippen LogP contribution in [0, 0.1) is 0 Å². The molecule has 1 aromatic carbocycles. The number of imide groups is 1. The molecule has 0 radical (unpaired) electrons. The Morgan fingerprint density at radius 3 is 2.42 bits per heavy atom. The summed E-state index contributed by atoms with van der Waals surface area (Å²) in [6, 6.07) is 5.60. The molecule has 1 aliphatic rings. The number of carbonyl (C=O) groups is 2. The summed E-state index contributed by atoms with van der Waals surface area (Å²) >= 11 is 0. The van der Waals surface area contributed by atoms with Crippen LogP contribution in [-0.4, -0.2) is 42.6 Å². The molecule has 2 aromatic rings. The third kappa shape index (κ3) is 5.40. The normalized spacial score (nSPS) is 17.3. The van der Waals surface area contributed by atoms with E-state index in [1.54, 1.807) is 0 Å². The molecule has 10 nitrogen and oxygen atoms in total. The van der Waals surface area contributed by atoms with Gasteiger partial charge in [0.25, 0.3) is 16.1 Å². The molecule has 1 unspecified atom stereocenters. The van der Waals surface area contributed by atoms with Gasteiger partial charge in [-0.25, -0.2) is 19.8 Å². The topological polar surface area (TPSA) is 135 Å². The van der Waals surface area contributed by atoms with Crippen molar-refractivity contribution < 1.29 is 35.9 Å². The van der Waals surface area contributed by atoms with Gasteiger partial charge in [-0.2, -0.15) is 8.42 Å². The Hall–Kier alpha value is -3.39. The average Bonchev–Trinajstić information content (AvgIpc) is 2.84. The molecule has 3 N–H and O–H groups in total. The van der Waals surface area contributed by atoms with E-state index >= 15 is 0 Å². The third-order valence-corrected chi connectivity index (χ3v) is 4.73. The van der Waals surface area contributed by atoms with Crippen LogP contribution >= 0.6 is 0 Å². The molecule has 0 saturated carbocycles. The molecule has 0 bridgehead atoms. The first-order valence-corrected chi connectivity index (χ1v) is 10.1. The van der Waals surface area contributed by atoms with Crippen molar-refractivity contribution in [2.24, 2.45) is 5.14 Å². The zero-order chi connectivity index (χ0) is 23.0. The summed E-state index contributed by atoms with van der Waals surface area (Å²) in [5, 5.41) is 4.90. The number of hydrogen-bond donors (Lipinski definition) is 2. The molecule has 1 fully saturated rings. The zero-order valence-electron chi connectivity index (χ0n) is 15.8. The van der Waals surface area contributed by atoms with E-state index in [1.807, 2.05) is 4.72 Å². The van der Waals surface area contributed by atoms with Crippen LogP contribution in [0.1, 0.15) is 12.5 Å². The van der Waals surface area contributed by atoms with Gasteiger partial charge in [0.05, 0.1) is 5.69 Å². The molecule has 3 rings (SSSR count). The highest BCUT2D eigenvalue weighted by Crippen LogP contribution is 2.30. The predicted octanol–water partition coefficient (Wildman–Crippen LogP) is 1.95. The molecule has 166 valence electrons. The number of pyridine rings is 1. The number of benzene rings is 1. The number of aromatic nitrogens is 1. The zero-order valence-corrected chi connectivity index (χ0v) is 16.6. The van der Waals surface area contributed by atoms with Gasteiger partial charge in [0.2, 0.25) is 0 Å². The Bertz CT molecular complexity index is 1110. The number of hydrogen-bond acceptors (Lipinski definition) is 6. The number of halogens is 3. The van der Waals surface area contributed by atoms with E-state index in [9.17, 15) is 31.2 Å². The Labute approximate surface area is 174 Å². The van der Waals surface area contributed by atoms with E-state index in [2.05, 4.69) is 9.72 Å². The molecular formula is C17H16F3N5O5S. The van der Waals surface area contributed by atoms with Gasteiger partial charge in [-0.15, -0.1) is 13.2 Å². The van der Waals surface area contributed by atoms with Crippen molar-refractivity contribution in [3.05, 3.63) is 48.2 Å². The molecule has 0 aliphatic carbocycles. The Kier molecular flexibility index (Phi) is 5.78. The van der Waals surface area contributed by atoms with Crippen LogP contribution in [0.4, 0.5) is 29.5 Å². The van der Waals surface area contributed by atoms with Crippen molar-refractivity contribution in [1.29, 1.82) is 0 Å². The van der Waals surface area contributed by atoms with Gasteiger partial charge in [0.1, 0.15) is 17.6 Å². The summed E-state index contributed by atoms with van der Waals surface area (Å²) in [4.78, 5) is 31.3. The molecule has 1 aromatic heterocycles. The second kappa shape index (κ2) is 8.03. The number of carbonyl (C=O) groups excluding carboxylic acids is 2. The summed E-state index contributed by atoms with van der Waals surface area (Å²) in [6.45, 7) is 1.44. The van der Waals surface area contributed by atoms with E-state index in [4.69, 9.17) is 5.14 Å². The maximum Gasteiger partial charge on any atom is 0.573 e. The van der Waals surface area contributed by atoms with Gasteiger partial charge in [-0.3, -0.25) is 9.52 Å². The van der Waals surface area contributed by atoms with Gasteiger partial charge in [0.15, 0.2) is 0 Å². The standard InChI is InChI=1S/C17H16F3N5O5S/c1-10-15(26)25(12-2-4-13(5-3-12)30-17(18,19)20)16(27)24(10)9-11-6-7-22-14(8-11)23-31(21,28)29/h2-8,10H,9H2,1H3,(H,22,23)(H2,21,28,29). The first-order chi connectivity index (χ1) is 14.3. The van der Waals surface area contributed by atoms with E-state index in [0.717, 1.165) is 29.2 Å². The summed E-state index contributed by atoms with van der Waals surface area (Å²) in [5.74, 6) is -1.14. The van der Waals surface area contributed by atoms with Crippen molar-refractivity contribution in [3.8, 4) is 5.75 Å². The number of anilines is 2. The minimum atomic E-state index is -4.87. The molecule has 1 atom stereocenters. The first-order valence-electron chi connectivity index (χ1n) is 8.60. The second-order valence-corrected chi connectivity index (χ2v) is 7.79. The Balaban J connectivity index is 1.79. The van der Waals surface area contributed by atoms with E-state index < -0.39 is 40.3 Å². The van der Waals surface area contributed by atoms with Gasteiger partial charge >= 0.3 is 12.4 Å². The van der Waals surface area contributed by atoms with Gasteiger partial charge < -0.3 is 9.64 Å². The number of nitrogens with zero attached hydrogens (tertiary/aromatic N) is 3. The largest absolute Gasteiger partial charge is 0.573 e. The molecule has 0 spiro atoms. The number of rotatable bonds is 6. The van der Waals surface area contributed by atoms with Gasteiger partial charge in [0, 0.05) is 12.7 Å². The van der Waals surface area contributed by atoms with Crippen molar-refractivity contribution in [2.75, 3.05) is 9.62 Å². The lowest BCUT2D eigenvalue weighted by molar-refractivity contribution is -0.274. The lowest BCUT2D eigenvalue weighted by Crippen LogP contribution is -2.33. The first kappa shape index (κ1) is 22.3. The van der Waals surface area contributed by atoms with Crippen LogP contribution in [0.5, 0.6) is 5.75 Å². The van der Waals surface area contributed by atoms with E-state index in [-0.39, 0.29) is 18.1 Å². The highest BCUT2D eigenvalue weighted by molar-refractivity contribution is 7.90. The van der Waals surface area contributed by atoms with Crippen molar-refractivity contribution in [3.63, 3.8) is 0 Å². The van der Waals surface area contributed by atoms with Crippen molar-refractivity contribution in [2.45, 2.75) is 25.9 Å². The summed E-state index contributed by atoms with van der Waals surface area (Å²) in [7, 11) is -4.05. The summed E-state index contributed by atoms with van der Waals surface area (Å²) in [5.41, 5.74) is 0.537. The smallest absolute Gasteiger partial charge is 0.406 e. The fourth-order valence-corrected chi connectivity index (χ4v) is 3.32. The monoisotopic (exact) mass is 459 g/mol. The van der Waals surface area contributed by atoms with Crippen LogP contribution in [-0.2, 0) is 21.5 Å². The molecule has 3 amide bonds. The predicted molar refractivity (Wildman–Crippen MR) is 102 cm³/mol. The lowest BCUT2D eigenvalue weighted by atomic mass is 10.2. The van der Waals surface area contributed by atoms with Crippen LogP contribution in [0.2, 0.25) is 0 Å². The average molecular weight is 459 g/mol. The van der Waals surface area contributed by atoms with Crippen LogP contribution in [0.3, 0.4) is 0 Å². The maximum absolute atomic E-state index is 12.8. The highest BCUT2D eigenvalue weighted by Gasteiger charge is 2.43. The Morgan fingerprint density at radius 1 is 1.19 bits per heavy atom. The second-order valence-electron chi connectivity index (χ2n) is 6.50. The van der Waals surface area contributed by atoms with Gasteiger partial charge in [-0.1, -0.05) is 0 Å². The lowest BCUT2D eigenvalue weighted by Gasteiger charge is -2.19. The number of alkyl halides is 3. The SMILES string of the molecule is CC1C(=O)N(c2ccc(OC(F)(F)F)cc2)C(=O)N1Cc1ccnc(NS(N)(=O)=O)c1. The highest BCUT2D eigenvalue weighted by atomic mass is 32.2. The van der Waals surface area contributed by atoms with Crippen molar-refractivity contribution >= 4 is 33.7 Å². The minimum absolute atomic E-state index is 0.0562. The molecule has 31 heavy (non-hydrogen) atoms. The molecule has 1 aliphatic heterocycles. The fraction of sp³-hybridized carbons (Fsp3) is 0.235. The Morgan fingerprint density at radius 2 is 1.84 bits per heavy atom. The number of nitrogens with one attached hydrogen (secondary N) is 1. The molecular weight excluding hydrogens is 443 g/mol. The van der Waals surface area contributed by atoms with Gasteiger partial charge in [-0.05, 0) is 48.9 Å². The molecule has 2 heterocycles. The minimum Gasteiger partial charge on any atom is -0.406 e. The summed E-state index contributed by atoms with van der Waals surface area (Å²) in [6.07, 6.45) is -3.57. The summed E-state index contributed by atoms with van der Waals surface area (Å²) < 4.78 is 65.0. The number of amides is 3. The van der Waals surface area contributed by atoms with E-state index in [0.29, 0.717) is 5.56 Å². The van der Waals surface area contributed by atoms with E-state index in [1.165, 1.54) is 30.2 Å². The van der Waals surface area contributed by atoms with Crippen molar-refractivity contribution in [1.82, 2.24) is 9.88 Å². The number of ether oxygens (including phenoxy) is 1. The molecule has 1 saturated heterocycles.